The summed E-state index contributed by atoms with van der Waals surface area (Å²) in [7, 11) is 0. The Hall–Kier alpha value is -0.981. The van der Waals surface area contributed by atoms with Crippen LogP contribution in [0.4, 0.5) is 13.2 Å². The van der Waals surface area contributed by atoms with Crippen molar-refractivity contribution in [2.45, 2.75) is 53.6 Å². The quantitative estimate of drug-likeness (QED) is 0.226. The Balaban J connectivity index is 2.12. The number of hydrogen-bond donors (Lipinski definition) is 0. The summed E-state index contributed by atoms with van der Waals surface area (Å²) < 4.78 is 43.6. The van der Waals surface area contributed by atoms with Crippen molar-refractivity contribution in [3.05, 3.63) is 101 Å². The van der Waals surface area contributed by atoms with Gasteiger partial charge in [0, 0.05) is 0 Å². The normalized spacial score (nSPS) is 13.2. The second-order valence-corrected chi connectivity index (χ2v) is 29.8. The van der Waals surface area contributed by atoms with Gasteiger partial charge in [-0.15, -0.1) is 0 Å². The molecule has 3 rings (SSSR count). The molecule has 0 atom stereocenters. The van der Waals surface area contributed by atoms with Gasteiger partial charge in [0.15, 0.2) is 0 Å². The zero-order chi connectivity index (χ0) is 24.5. The molecule has 0 nitrogen and oxygen atoms in total. The molecule has 33 heavy (non-hydrogen) atoms. The molecule has 0 aliphatic rings. The number of hydrogen-bond acceptors (Lipinski definition) is 0. The third-order valence-corrected chi connectivity index (χ3v) is 25.6. The maximum atomic E-state index is 13.7. The molecule has 176 valence electrons. The Labute approximate surface area is 210 Å². The van der Waals surface area contributed by atoms with Crippen molar-refractivity contribution >= 4 is 44.0 Å². The van der Waals surface area contributed by atoms with Crippen LogP contribution in [0.5, 0.6) is 0 Å². The Morgan fingerprint density at radius 2 is 1.15 bits per heavy atom. The first kappa shape index (κ1) is 26.6. The van der Waals surface area contributed by atoms with Gasteiger partial charge in [-0.3, -0.25) is 0 Å². The fourth-order valence-corrected chi connectivity index (χ4v) is 28.9. The molecule has 6 heteroatoms. The van der Waals surface area contributed by atoms with Crippen LogP contribution in [0.2, 0.25) is 13.9 Å². The van der Waals surface area contributed by atoms with E-state index in [4.69, 9.17) is 11.6 Å². The molecule has 0 N–H and O–H groups in total. The fourth-order valence-electron chi connectivity index (χ4n) is 4.67. The van der Waals surface area contributed by atoms with Crippen molar-refractivity contribution in [2.75, 3.05) is 0 Å². The molecule has 0 amide bonds. The van der Waals surface area contributed by atoms with E-state index in [1.165, 1.54) is 23.3 Å². The van der Waals surface area contributed by atoms with Gasteiger partial charge in [0.2, 0.25) is 0 Å². The van der Waals surface area contributed by atoms with Crippen LogP contribution in [0, 0.1) is 0 Å². The molecular formula is C27H29BrClF3Sn. The molecule has 0 fully saturated rings. The van der Waals surface area contributed by atoms with Gasteiger partial charge in [0.25, 0.3) is 0 Å². The van der Waals surface area contributed by atoms with Crippen molar-refractivity contribution in [3.63, 3.8) is 0 Å². The molecule has 0 bridgehead atoms. The van der Waals surface area contributed by atoms with Crippen molar-refractivity contribution < 1.29 is 13.2 Å². The van der Waals surface area contributed by atoms with E-state index in [0.717, 1.165) is 12.5 Å². The van der Waals surface area contributed by atoms with Crippen molar-refractivity contribution in [1.29, 1.82) is 0 Å². The summed E-state index contributed by atoms with van der Waals surface area (Å²) >= 11 is 6.54. The van der Waals surface area contributed by atoms with Gasteiger partial charge in [-0.2, -0.15) is 0 Å². The first-order valence-electron chi connectivity index (χ1n) is 10.9. The van der Waals surface area contributed by atoms with Gasteiger partial charge in [0.05, 0.1) is 0 Å². The van der Waals surface area contributed by atoms with Crippen LogP contribution < -0.4 is 3.58 Å². The number of benzene rings is 3. The predicted octanol–water partition coefficient (Wildman–Crippen LogP) is 8.86. The fraction of sp³-hybridized carbons (Fsp3) is 0.333. The monoisotopic (exact) mass is 644 g/mol. The van der Waals surface area contributed by atoms with Gasteiger partial charge in [-0.25, -0.2) is 0 Å². The van der Waals surface area contributed by atoms with Crippen LogP contribution >= 0.6 is 24.3 Å². The van der Waals surface area contributed by atoms with Crippen LogP contribution in [0.1, 0.15) is 44.4 Å². The van der Waals surface area contributed by atoms with Crippen molar-refractivity contribution in [1.82, 2.24) is 0 Å². The molecule has 0 aliphatic heterocycles. The second-order valence-electron chi connectivity index (χ2n) is 10.0. The molecule has 0 aromatic heterocycles. The third kappa shape index (κ3) is 6.37. The van der Waals surface area contributed by atoms with Gasteiger partial charge < -0.3 is 0 Å². The van der Waals surface area contributed by atoms with Crippen LogP contribution in [0.15, 0.2) is 78.9 Å². The number of alkyl halides is 3. The van der Waals surface area contributed by atoms with E-state index in [0.29, 0.717) is 0 Å². The van der Waals surface area contributed by atoms with E-state index in [1.54, 1.807) is 0 Å². The Bertz CT molecular complexity index is 1030. The third-order valence-electron chi connectivity index (χ3n) is 6.34. The summed E-state index contributed by atoms with van der Waals surface area (Å²) in [6.07, 6.45) is -4.49. The standard InChI is InChI=1S/2C10H13.C7H3ClF3.BrH.Sn/c2*1-10(2,3)9-7-5-4-6-8-9;8-6-4-2-1-3-5(6)7(9,10)11;;/h2*4-8H,1H2,2-3H3;2-4H;1H;/q;;;;+1/p-1. The van der Waals surface area contributed by atoms with Crippen LogP contribution in [-0.2, 0) is 17.0 Å². The summed E-state index contributed by atoms with van der Waals surface area (Å²) in [4.78, 5) is 0. The summed E-state index contributed by atoms with van der Waals surface area (Å²) in [6, 6.07) is 25.0. The minimum absolute atomic E-state index is 0.203. The molecule has 0 heterocycles. The summed E-state index contributed by atoms with van der Waals surface area (Å²) in [5.41, 5.74) is 1.22. The summed E-state index contributed by atoms with van der Waals surface area (Å²) in [6.45, 7) is 8.74. The zero-order valence-electron chi connectivity index (χ0n) is 19.3. The number of halogens is 5. The molecule has 3 aromatic carbocycles. The first-order valence-corrected chi connectivity index (χ1v) is 23.2. The van der Waals surface area contributed by atoms with E-state index in [9.17, 15) is 13.2 Å². The van der Waals surface area contributed by atoms with Crippen molar-refractivity contribution in [3.8, 4) is 0 Å². The Morgan fingerprint density at radius 1 is 0.727 bits per heavy atom. The molecular weight excluding hydrogens is 615 g/mol. The van der Waals surface area contributed by atoms with Gasteiger partial charge in [-0.1, -0.05) is 0 Å². The number of rotatable bonds is 7. The van der Waals surface area contributed by atoms with Gasteiger partial charge >= 0.3 is 211 Å². The van der Waals surface area contributed by atoms with Gasteiger partial charge in [-0.05, 0) is 0 Å². The van der Waals surface area contributed by atoms with Crippen LogP contribution in [-0.4, -0.2) is 16.2 Å². The van der Waals surface area contributed by atoms with Crippen LogP contribution in [0.3, 0.4) is 0 Å². The van der Waals surface area contributed by atoms with Crippen LogP contribution in [0.25, 0.3) is 0 Å². The molecule has 0 unspecified atom stereocenters. The molecule has 0 spiro atoms. The molecule has 3 aromatic rings. The maximum absolute atomic E-state index is 13.7. The van der Waals surface area contributed by atoms with E-state index in [-0.39, 0.29) is 15.9 Å². The Kier molecular flexibility index (Phi) is 8.02. The first-order chi connectivity index (χ1) is 15.2. The second kappa shape index (κ2) is 9.94. The average Bonchev–Trinajstić information content (AvgIpc) is 2.73. The molecule has 0 saturated heterocycles. The molecule has 0 radical (unpaired) electrons. The Morgan fingerprint density at radius 3 is 1.55 bits per heavy atom. The molecule has 0 saturated carbocycles. The zero-order valence-corrected chi connectivity index (χ0v) is 24.5. The topological polar surface area (TPSA) is 0 Å². The van der Waals surface area contributed by atoms with Gasteiger partial charge in [0.1, 0.15) is 0 Å². The molecule has 0 aliphatic carbocycles. The summed E-state index contributed by atoms with van der Waals surface area (Å²) in [5.74, 6) is 0. The minimum atomic E-state index is -4.49. The van der Waals surface area contributed by atoms with E-state index >= 15 is 0 Å². The van der Waals surface area contributed by atoms with E-state index in [2.05, 4.69) is 64.7 Å². The van der Waals surface area contributed by atoms with Crippen molar-refractivity contribution in [2.24, 2.45) is 0 Å². The SMILES string of the molecule is CC(C)([CH2][Sn]([Br])([CH2]C(C)(C)c1ccccc1)[c]1ccc(Cl)c(C(F)(F)F)c1)c1ccccc1. The van der Waals surface area contributed by atoms with E-state index < -0.39 is 27.9 Å². The summed E-state index contributed by atoms with van der Waals surface area (Å²) in [5, 5.41) is -0.253. The predicted molar refractivity (Wildman–Crippen MR) is 139 cm³/mol. The van der Waals surface area contributed by atoms with E-state index in [1.807, 2.05) is 42.5 Å². The average molecular weight is 645 g/mol.